The minimum absolute atomic E-state index is 0.101. The number of ether oxygens (including phenoxy) is 1. The van der Waals surface area contributed by atoms with Crippen molar-refractivity contribution >= 4 is 50.2 Å². The predicted molar refractivity (Wildman–Crippen MR) is 167 cm³/mol. The zero-order valence-corrected chi connectivity index (χ0v) is 23.6. The number of hydrogen-bond acceptors (Lipinski definition) is 3. The van der Waals surface area contributed by atoms with Gasteiger partial charge in [-0.05, 0) is 48.9 Å². The normalized spacial score (nSPS) is 16.8. The summed E-state index contributed by atoms with van der Waals surface area (Å²) in [5.74, 6) is -0.898. The van der Waals surface area contributed by atoms with E-state index in [0.29, 0.717) is 18.7 Å². The van der Waals surface area contributed by atoms with E-state index in [4.69, 9.17) is 4.74 Å². The summed E-state index contributed by atoms with van der Waals surface area (Å²) in [6, 6.07) is 29.4. The molecule has 0 spiro atoms. The number of benzene rings is 4. The number of rotatable bonds is 7. The minimum Gasteiger partial charge on any atom is -0.383 e. The second kappa shape index (κ2) is 10.5. The first-order valence-electron chi connectivity index (χ1n) is 14.4. The van der Waals surface area contributed by atoms with Crippen molar-refractivity contribution in [2.24, 2.45) is 0 Å². The molecule has 2 unspecified atom stereocenters. The van der Waals surface area contributed by atoms with Crippen LogP contribution < -0.4 is 5.32 Å². The van der Waals surface area contributed by atoms with Crippen LogP contribution in [0.15, 0.2) is 97.2 Å². The van der Waals surface area contributed by atoms with Gasteiger partial charge in [0.15, 0.2) is 0 Å². The monoisotopic (exact) mass is 556 g/mol. The van der Waals surface area contributed by atoms with Gasteiger partial charge in [-0.3, -0.25) is 9.59 Å². The molecule has 0 saturated heterocycles. The van der Waals surface area contributed by atoms with Gasteiger partial charge in [-0.25, -0.2) is 0 Å². The Morgan fingerprint density at radius 1 is 0.881 bits per heavy atom. The van der Waals surface area contributed by atoms with E-state index in [1.54, 1.807) is 12.0 Å². The van der Waals surface area contributed by atoms with Crippen LogP contribution in [0.25, 0.3) is 32.7 Å². The fraction of sp³-hybridized carbons (Fsp3) is 0.200. The highest BCUT2D eigenvalue weighted by Crippen LogP contribution is 2.45. The quantitative estimate of drug-likeness (QED) is 0.225. The van der Waals surface area contributed by atoms with Crippen LogP contribution >= 0.6 is 0 Å². The smallest absolute Gasteiger partial charge is 0.254 e. The molecule has 2 aromatic heterocycles. The van der Waals surface area contributed by atoms with E-state index < -0.39 is 12.0 Å². The summed E-state index contributed by atoms with van der Waals surface area (Å²) in [7, 11) is 1.62. The maximum absolute atomic E-state index is 14.5. The van der Waals surface area contributed by atoms with Crippen LogP contribution in [-0.4, -0.2) is 46.5 Å². The molecule has 0 fully saturated rings. The van der Waals surface area contributed by atoms with Crippen molar-refractivity contribution in [3.8, 4) is 0 Å². The molecule has 0 aliphatic carbocycles. The molecule has 7 rings (SSSR count). The van der Waals surface area contributed by atoms with Crippen LogP contribution in [0.4, 0.5) is 5.69 Å². The maximum Gasteiger partial charge on any atom is 0.254 e. The second-order valence-corrected chi connectivity index (χ2v) is 10.8. The van der Waals surface area contributed by atoms with Gasteiger partial charge in [-0.2, -0.15) is 0 Å². The Morgan fingerprint density at radius 3 is 2.45 bits per heavy atom. The first-order chi connectivity index (χ1) is 20.6. The molecular formula is C35H32N4O3. The Labute approximate surface area is 243 Å². The minimum atomic E-state index is -0.636. The molecule has 1 aliphatic heterocycles. The molecule has 2 amide bonds. The number of anilines is 1. The van der Waals surface area contributed by atoms with Crippen LogP contribution in [-0.2, 0) is 16.1 Å². The topological polar surface area (TPSA) is 79.4 Å². The lowest BCUT2D eigenvalue weighted by Gasteiger charge is -2.41. The van der Waals surface area contributed by atoms with Crippen LogP contribution in [0.3, 0.4) is 0 Å². The van der Waals surface area contributed by atoms with E-state index in [1.165, 1.54) is 5.52 Å². The molecule has 2 atom stereocenters. The number of carbonyl (C=O) groups is 2. The molecule has 1 aliphatic rings. The Balaban J connectivity index is 1.36. The molecule has 0 saturated carbocycles. The lowest BCUT2D eigenvalue weighted by Crippen LogP contribution is -2.47. The zero-order valence-electron chi connectivity index (χ0n) is 23.6. The maximum atomic E-state index is 14.5. The van der Waals surface area contributed by atoms with Crippen molar-refractivity contribution in [3.63, 3.8) is 0 Å². The molecule has 42 heavy (non-hydrogen) atoms. The molecule has 6 aromatic rings. The van der Waals surface area contributed by atoms with Gasteiger partial charge in [0.1, 0.15) is 0 Å². The lowest BCUT2D eigenvalue weighted by atomic mass is 9.79. The van der Waals surface area contributed by atoms with E-state index >= 15 is 0 Å². The number of para-hydroxylation sites is 2. The summed E-state index contributed by atoms with van der Waals surface area (Å²) < 4.78 is 7.70. The molecule has 7 heteroatoms. The summed E-state index contributed by atoms with van der Waals surface area (Å²) in [5.41, 5.74) is 6.17. The fourth-order valence-electron chi connectivity index (χ4n) is 6.69. The molecule has 0 radical (unpaired) electrons. The van der Waals surface area contributed by atoms with E-state index in [-0.39, 0.29) is 11.8 Å². The number of nitrogens with zero attached hydrogens (tertiary/aromatic N) is 2. The molecule has 2 N–H and O–H groups in total. The van der Waals surface area contributed by atoms with Gasteiger partial charge in [-0.1, -0.05) is 54.6 Å². The number of fused-ring (bicyclic) bond motifs is 5. The first-order valence-corrected chi connectivity index (χ1v) is 14.4. The van der Waals surface area contributed by atoms with Crippen molar-refractivity contribution in [3.05, 3.63) is 114 Å². The van der Waals surface area contributed by atoms with Gasteiger partial charge < -0.3 is 24.5 Å². The number of H-pyrrole nitrogens is 1. The summed E-state index contributed by atoms with van der Waals surface area (Å²) in [5, 5.41) is 6.48. The number of hydrogen-bond donors (Lipinski definition) is 2. The SMILES string of the molecule is CCn1c2ccccc2c2cc(NC(=O)C3c4ccccc4C(=O)N(CCOC)C3c3c[nH]c4ccccc34)ccc21. The van der Waals surface area contributed by atoms with Crippen LogP contribution in [0.2, 0.25) is 0 Å². The second-order valence-electron chi connectivity index (χ2n) is 10.8. The largest absolute Gasteiger partial charge is 0.383 e. The first kappa shape index (κ1) is 26.0. The van der Waals surface area contributed by atoms with Crippen LogP contribution in [0.1, 0.15) is 40.4 Å². The van der Waals surface area contributed by atoms with Gasteiger partial charge in [0, 0.05) is 75.9 Å². The van der Waals surface area contributed by atoms with Crippen LogP contribution in [0.5, 0.6) is 0 Å². The molecule has 7 nitrogen and oxygen atoms in total. The summed E-state index contributed by atoms with van der Waals surface area (Å²) in [4.78, 5) is 33.5. The molecule has 4 aromatic carbocycles. The molecular weight excluding hydrogens is 524 g/mol. The Hall–Kier alpha value is -4.88. The lowest BCUT2D eigenvalue weighted by molar-refractivity contribution is -0.119. The fourth-order valence-corrected chi connectivity index (χ4v) is 6.69. The third-order valence-corrected chi connectivity index (χ3v) is 8.55. The standard InChI is InChI=1S/C35H32N4O3/c1-3-38-30-15-9-7-11-24(30)27-20-22(16-17-31(27)38)37-34(40)32-25-12-4-5-13-26(25)35(41)39(18-19-42-2)33(32)28-21-36-29-14-8-6-10-23(28)29/h4-17,20-21,32-33,36H,3,18-19H2,1-2H3,(H,37,40). The van der Waals surface area contributed by atoms with Gasteiger partial charge >= 0.3 is 0 Å². The number of amides is 2. The van der Waals surface area contributed by atoms with Crippen molar-refractivity contribution in [1.29, 1.82) is 0 Å². The van der Waals surface area contributed by atoms with Crippen molar-refractivity contribution in [2.75, 3.05) is 25.6 Å². The summed E-state index contributed by atoms with van der Waals surface area (Å²) in [6.45, 7) is 3.72. The highest BCUT2D eigenvalue weighted by molar-refractivity contribution is 6.11. The molecule has 0 bridgehead atoms. The van der Waals surface area contributed by atoms with E-state index in [2.05, 4.69) is 52.1 Å². The van der Waals surface area contributed by atoms with E-state index in [0.717, 1.165) is 50.6 Å². The summed E-state index contributed by atoms with van der Waals surface area (Å²) >= 11 is 0. The van der Waals surface area contributed by atoms with Gasteiger partial charge in [-0.15, -0.1) is 0 Å². The van der Waals surface area contributed by atoms with E-state index in [1.807, 2.05) is 66.9 Å². The van der Waals surface area contributed by atoms with Crippen molar-refractivity contribution < 1.29 is 14.3 Å². The Bertz CT molecular complexity index is 1970. The number of methoxy groups -OCH3 is 1. The third-order valence-electron chi connectivity index (χ3n) is 8.55. The van der Waals surface area contributed by atoms with Crippen molar-refractivity contribution in [1.82, 2.24) is 14.5 Å². The van der Waals surface area contributed by atoms with Gasteiger partial charge in [0.05, 0.1) is 18.6 Å². The predicted octanol–water partition coefficient (Wildman–Crippen LogP) is 6.86. The van der Waals surface area contributed by atoms with Gasteiger partial charge in [0.25, 0.3) is 5.91 Å². The van der Waals surface area contributed by atoms with E-state index in [9.17, 15) is 9.59 Å². The Morgan fingerprint density at radius 2 is 1.62 bits per heavy atom. The third kappa shape index (κ3) is 4.08. The average Bonchev–Trinajstić information content (AvgIpc) is 3.59. The number of aromatic nitrogens is 2. The number of nitrogens with one attached hydrogen (secondary N) is 2. The molecule has 3 heterocycles. The zero-order chi connectivity index (χ0) is 28.8. The average molecular weight is 557 g/mol. The van der Waals surface area contributed by atoms with Gasteiger partial charge in [0.2, 0.25) is 5.91 Å². The Kier molecular flexibility index (Phi) is 6.52. The number of aryl methyl sites for hydroxylation is 1. The highest BCUT2D eigenvalue weighted by atomic mass is 16.5. The number of carbonyl (C=O) groups excluding carboxylic acids is 2. The number of aromatic amines is 1. The molecule has 210 valence electrons. The van der Waals surface area contributed by atoms with Crippen LogP contribution in [0, 0.1) is 0 Å². The summed E-state index contributed by atoms with van der Waals surface area (Å²) in [6.07, 6.45) is 1.93. The van der Waals surface area contributed by atoms with Crippen molar-refractivity contribution in [2.45, 2.75) is 25.4 Å². The highest BCUT2D eigenvalue weighted by Gasteiger charge is 2.44.